The maximum absolute atomic E-state index is 14.2. The first-order valence-electron chi connectivity index (χ1n) is 13.1. The van der Waals surface area contributed by atoms with E-state index >= 15 is 0 Å². The van der Waals surface area contributed by atoms with Crippen LogP contribution in [0.2, 0.25) is 0 Å². The molecule has 0 bridgehead atoms. The smallest absolute Gasteiger partial charge is 0.475 e. The highest BCUT2D eigenvalue weighted by Crippen LogP contribution is 2.39. The zero-order chi connectivity index (χ0) is 33.2. The molecule has 0 aliphatic heterocycles. The van der Waals surface area contributed by atoms with E-state index in [4.69, 9.17) is 14.3 Å². The summed E-state index contributed by atoms with van der Waals surface area (Å²) < 4.78 is 106. The van der Waals surface area contributed by atoms with Gasteiger partial charge in [0.2, 0.25) is 5.91 Å². The summed E-state index contributed by atoms with van der Waals surface area (Å²) in [6.07, 6.45) is -13.8. The van der Waals surface area contributed by atoms with Gasteiger partial charge in [-0.3, -0.25) is 10.1 Å². The van der Waals surface area contributed by atoms with E-state index in [9.17, 15) is 50.3 Å². The van der Waals surface area contributed by atoms with E-state index in [1.165, 1.54) is 36.4 Å². The molecule has 1 aromatic heterocycles. The van der Waals surface area contributed by atoms with Crippen LogP contribution in [0.3, 0.4) is 0 Å². The van der Waals surface area contributed by atoms with Crippen molar-refractivity contribution in [2.45, 2.75) is 75.6 Å². The molecule has 3 aromatic rings. The molecule has 1 heterocycles. The predicted octanol–water partition coefficient (Wildman–Crippen LogP) is 6.30. The van der Waals surface area contributed by atoms with Crippen LogP contribution in [0, 0.1) is 17.2 Å². The van der Waals surface area contributed by atoms with Crippen molar-refractivity contribution >= 4 is 33.8 Å². The summed E-state index contributed by atoms with van der Waals surface area (Å²) in [5.74, 6) is -3.53. The molecule has 4 N–H and O–H groups in total. The predicted molar refractivity (Wildman–Crippen MR) is 139 cm³/mol. The van der Waals surface area contributed by atoms with E-state index in [1.54, 1.807) is 13.8 Å². The van der Waals surface area contributed by atoms with Gasteiger partial charge in [-0.1, -0.05) is 32.0 Å². The van der Waals surface area contributed by atoms with E-state index in [2.05, 4.69) is 10.6 Å². The number of carbonyl (C=O) groups excluding carboxylic acids is 1. The highest BCUT2D eigenvalue weighted by Gasteiger charge is 2.47. The van der Waals surface area contributed by atoms with Gasteiger partial charge in [-0.2, -0.15) is 31.6 Å². The number of nitriles is 1. The number of rotatable bonds is 9. The molecule has 1 amide bonds. The van der Waals surface area contributed by atoms with Crippen molar-refractivity contribution in [3.8, 4) is 6.07 Å². The third kappa shape index (κ3) is 8.35. The standard InChI is InChI=1S/C26H26F5N3O3.C2HF3O2/c1-13(2)9-18(24(36)34-25(12-32)7-8-25)33-22(26(29,30)31)15-3-5-16-17-10-14(21(35)23(27)28)4-6-19(17)37-20(16)11-15;3-2(4,5)1(6)7/h3-6,10-11,13,18,21-23,33,35H,7-9H2,1-2H3,(H,34,36);(H,6,7). The van der Waals surface area contributed by atoms with Gasteiger partial charge in [-0.05, 0) is 54.5 Å². The van der Waals surface area contributed by atoms with E-state index in [-0.39, 0.29) is 34.6 Å². The number of aliphatic hydroxyl groups excluding tert-OH is 1. The molecule has 1 saturated carbocycles. The van der Waals surface area contributed by atoms with Crippen LogP contribution >= 0.6 is 0 Å². The lowest BCUT2D eigenvalue weighted by Crippen LogP contribution is -2.52. The van der Waals surface area contributed by atoms with Gasteiger partial charge in [0.15, 0.2) is 0 Å². The van der Waals surface area contributed by atoms with Crippen molar-refractivity contribution in [1.29, 1.82) is 5.26 Å². The van der Waals surface area contributed by atoms with Gasteiger partial charge >= 0.3 is 18.3 Å². The first kappa shape index (κ1) is 34.5. The van der Waals surface area contributed by atoms with Crippen molar-refractivity contribution in [2.24, 2.45) is 5.92 Å². The second-order valence-electron chi connectivity index (χ2n) is 10.7. The number of amides is 1. The second-order valence-corrected chi connectivity index (χ2v) is 10.7. The Balaban J connectivity index is 0.000000676. The highest BCUT2D eigenvalue weighted by molar-refractivity contribution is 6.05. The Morgan fingerprint density at radius 2 is 1.59 bits per heavy atom. The Morgan fingerprint density at radius 1 is 1.00 bits per heavy atom. The summed E-state index contributed by atoms with van der Waals surface area (Å²) >= 11 is 0. The Morgan fingerprint density at radius 3 is 2.07 bits per heavy atom. The zero-order valence-corrected chi connectivity index (χ0v) is 23.1. The van der Waals surface area contributed by atoms with Gasteiger partial charge in [-0.15, -0.1) is 0 Å². The van der Waals surface area contributed by atoms with Crippen molar-refractivity contribution in [1.82, 2.24) is 10.6 Å². The van der Waals surface area contributed by atoms with Crippen LogP contribution in [-0.2, 0) is 9.59 Å². The molecule has 44 heavy (non-hydrogen) atoms. The molecular formula is C28H27F8N3O5. The Labute approximate surface area is 244 Å². The van der Waals surface area contributed by atoms with Crippen LogP contribution in [0.15, 0.2) is 40.8 Å². The summed E-state index contributed by atoms with van der Waals surface area (Å²) in [5, 5.41) is 31.9. The van der Waals surface area contributed by atoms with Crippen molar-refractivity contribution < 1.29 is 59.3 Å². The first-order valence-corrected chi connectivity index (χ1v) is 13.1. The van der Waals surface area contributed by atoms with Crippen LogP contribution in [0.1, 0.15) is 56.4 Å². The van der Waals surface area contributed by atoms with Gasteiger partial charge < -0.3 is 19.9 Å². The topological polar surface area (TPSA) is 136 Å². The number of benzene rings is 2. The number of alkyl halides is 8. The summed E-state index contributed by atoms with van der Waals surface area (Å²) in [7, 11) is 0. The van der Waals surface area contributed by atoms with Gasteiger partial charge in [-0.25, -0.2) is 13.6 Å². The molecule has 1 fully saturated rings. The normalized spacial score (nSPS) is 16.6. The fourth-order valence-electron chi connectivity index (χ4n) is 4.34. The summed E-state index contributed by atoms with van der Waals surface area (Å²) in [6.45, 7) is 3.56. The summed E-state index contributed by atoms with van der Waals surface area (Å²) in [6, 6.07) is 6.38. The largest absolute Gasteiger partial charge is 0.490 e. The number of hydrogen-bond donors (Lipinski definition) is 4. The quantitative estimate of drug-likeness (QED) is 0.202. The zero-order valence-electron chi connectivity index (χ0n) is 23.1. The minimum atomic E-state index is -5.08. The van der Waals surface area contributed by atoms with E-state index in [1.807, 2.05) is 6.07 Å². The average molecular weight is 638 g/mol. The molecule has 2 aromatic carbocycles. The number of aliphatic hydroxyl groups is 1. The molecule has 8 nitrogen and oxygen atoms in total. The van der Waals surface area contributed by atoms with E-state index < -0.39 is 54.4 Å². The molecule has 3 atom stereocenters. The molecule has 0 spiro atoms. The Bertz CT molecular complexity index is 1540. The first-order chi connectivity index (χ1) is 20.3. The minimum Gasteiger partial charge on any atom is -0.475 e. The molecule has 1 aliphatic carbocycles. The average Bonchev–Trinajstić information content (AvgIpc) is 3.59. The van der Waals surface area contributed by atoms with Crippen LogP contribution in [-0.4, -0.2) is 52.4 Å². The fraction of sp³-hybridized carbons (Fsp3) is 0.464. The third-order valence-electron chi connectivity index (χ3n) is 6.72. The molecule has 3 unspecified atom stereocenters. The Hall–Kier alpha value is -3.97. The van der Waals surface area contributed by atoms with Crippen LogP contribution in [0.4, 0.5) is 35.1 Å². The van der Waals surface area contributed by atoms with E-state index in [0.29, 0.717) is 23.6 Å². The van der Waals surface area contributed by atoms with Gasteiger partial charge in [0.25, 0.3) is 6.43 Å². The van der Waals surface area contributed by atoms with Crippen molar-refractivity contribution in [3.63, 3.8) is 0 Å². The van der Waals surface area contributed by atoms with Crippen molar-refractivity contribution in [3.05, 3.63) is 47.5 Å². The number of nitrogens with zero attached hydrogens (tertiary/aromatic N) is 1. The summed E-state index contributed by atoms with van der Waals surface area (Å²) in [5.41, 5.74) is -0.908. The minimum absolute atomic E-state index is 0.0440. The van der Waals surface area contributed by atoms with Gasteiger partial charge in [0.1, 0.15) is 28.9 Å². The van der Waals surface area contributed by atoms with E-state index in [0.717, 1.165) is 0 Å². The van der Waals surface area contributed by atoms with Crippen LogP contribution < -0.4 is 10.6 Å². The van der Waals surface area contributed by atoms with Crippen molar-refractivity contribution in [2.75, 3.05) is 0 Å². The molecule has 4 rings (SSSR count). The molecule has 16 heteroatoms. The molecule has 0 radical (unpaired) electrons. The number of nitrogens with one attached hydrogen (secondary N) is 2. The monoisotopic (exact) mass is 637 g/mol. The fourth-order valence-corrected chi connectivity index (χ4v) is 4.34. The lowest BCUT2D eigenvalue weighted by molar-refractivity contribution is -0.192. The Kier molecular flexibility index (Phi) is 10.2. The third-order valence-corrected chi connectivity index (χ3v) is 6.72. The maximum Gasteiger partial charge on any atom is 0.490 e. The number of furan rings is 1. The molecular weight excluding hydrogens is 610 g/mol. The number of carboxylic acid groups (broad SMARTS) is 1. The lowest BCUT2D eigenvalue weighted by Gasteiger charge is -2.29. The number of fused-ring (bicyclic) bond motifs is 3. The lowest BCUT2D eigenvalue weighted by atomic mass is 9.98. The highest BCUT2D eigenvalue weighted by atomic mass is 19.4. The number of hydrogen-bond acceptors (Lipinski definition) is 6. The number of aliphatic carboxylic acids is 1. The van der Waals surface area contributed by atoms with Crippen LogP contribution in [0.5, 0.6) is 0 Å². The SMILES string of the molecule is CC(C)CC(NC(c1ccc2c(c1)oc1ccc(C(O)C(F)F)cc12)C(F)(F)F)C(=O)NC1(C#N)CC1.O=C(O)C(F)(F)F. The maximum atomic E-state index is 14.2. The summed E-state index contributed by atoms with van der Waals surface area (Å²) in [4.78, 5) is 21.8. The van der Waals surface area contributed by atoms with Gasteiger partial charge in [0.05, 0.1) is 12.1 Å². The molecule has 240 valence electrons. The number of carboxylic acids is 1. The van der Waals surface area contributed by atoms with Crippen LogP contribution in [0.25, 0.3) is 21.9 Å². The molecule has 1 aliphatic rings. The van der Waals surface area contributed by atoms with Gasteiger partial charge in [0, 0.05) is 10.8 Å². The molecule has 0 saturated heterocycles. The number of halogens is 8. The number of carbonyl (C=O) groups is 2. The second kappa shape index (κ2) is 12.9.